The molecule has 0 fully saturated rings. The Hall–Kier alpha value is -2.87. The minimum Gasteiger partial charge on any atom is -0.308 e. The molecule has 3 N–H and O–H groups in total. The van der Waals surface area contributed by atoms with Crippen LogP contribution in [-0.2, 0) is 10.0 Å². The molecule has 23 heavy (non-hydrogen) atoms. The van der Waals surface area contributed by atoms with E-state index in [1.54, 1.807) is 12.1 Å². The summed E-state index contributed by atoms with van der Waals surface area (Å²) >= 11 is 0. The predicted octanol–water partition coefficient (Wildman–Crippen LogP) is 2.07. The molecule has 8 heteroatoms. The third kappa shape index (κ3) is 3.02. The first kappa shape index (κ1) is 15.0. The molecule has 0 aliphatic carbocycles. The number of hydrogen-bond donors (Lipinski definition) is 3. The third-order valence-corrected chi connectivity index (χ3v) is 4.68. The number of carbonyl (C=O) groups excluding carboxylic acids is 2. The van der Waals surface area contributed by atoms with Crippen LogP contribution in [0.15, 0.2) is 47.4 Å². The van der Waals surface area contributed by atoms with Crippen molar-refractivity contribution in [1.29, 1.82) is 0 Å². The Balaban J connectivity index is 1.77. The van der Waals surface area contributed by atoms with E-state index in [-0.39, 0.29) is 16.1 Å². The number of carbonyl (C=O) groups is 2. The molecule has 3 amide bonds. The van der Waals surface area contributed by atoms with Gasteiger partial charge in [0.15, 0.2) is 0 Å². The van der Waals surface area contributed by atoms with Gasteiger partial charge in [-0.3, -0.25) is 4.79 Å². The molecule has 3 rings (SSSR count). The molecule has 2 aromatic rings. The van der Waals surface area contributed by atoms with Crippen LogP contribution in [0, 0.1) is 6.92 Å². The summed E-state index contributed by atoms with van der Waals surface area (Å²) in [7, 11) is -3.85. The number of fused-ring (bicyclic) bond motifs is 1. The van der Waals surface area contributed by atoms with Crippen molar-refractivity contribution in [3.63, 3.8) is 0 Å². The van der Waals surface area contributed by atoms with E-state index >= 15 is 0 Å². The van der Waals surface area contributed by atoms with Crippen molar-refractivity contribution in [1.82, 2.24) is 4.72 Å². The number of urea groups is 1. The summed E-state index contributed by atoms with van der Waals surface area (Å²) in [5.74, 6) is -0.671. The van der Waals surface area contributed by atoms with E-state index in [9.17, 15) is 18.0 Å². The molecule has 0 saturated carbocycles. The van der Waals surface area contributed by atoms with Gasteiger partial charge >= 0.3 is 6.03 Å². The average Bonchev–Trinajstić information content (AvgIpc) is 2.71. The lowest BCUT2D eigenvalue weighted by molar-refractivity contribution is 0.0985. The summed E-state index contributed by atoms with van der Waals surface area (Å²) in [5, 5.41) is 5.17. The van der Waals surface area contributed by atoms with Crippen LogP contribution in [0.5, 0.6) is 0 Å². The van der Waals surface area contributed by atoms with Crippen molar-refractivity contribution < 1.29 is 18.0 Å². The molecular weight excluding hydrogens is 318 g/mol. The maximum Gasteiger partial charge on any atom is 0.323 e. The molecule has 0 saturated heterocycles. The fourth-order valence-electron chi connectivity index (χ4n) is 2.17. The van der Waals surface area contributed by atoms with Gasteiger partial charge in [-0.05, 0) is 37.3 Å². The number of benzene rings is 2. The van der Waals surface area contributed by atoms with E-state index in [0.717, 1.165) is 5.56 Å². The molecule has 0 spiro atoms. The van der Waals surface area contributed by atoms with Crippen LogP contribution < -0.4 is 15.4 Å². The van der Waals surface area contributed by atoms with Crippen molar-refractivity contribution in [2.45, 2.75) is 11.8 Å². The molecule has 0 aromatic heterocycles. The molecule has 1 aliphatic heterocycles. The van der Waals surface area contributed by atoms with E-state index in [4.69, 9.17) is 0 Å². The molecule has 0 radical (unpaired) electrons. The second kappa shape index (κ2) is 5.40. The lowest BCUT2D eigenvalue weighted by atomic mass is 10.2. The lowest BCUT2D eigenvalue weighted by Gasteiger charge is -2.08. The number of rotatable bonds is 2. The Morgan fingerprint density at radius 2 is 1.61 bits per heavy atom. The highest BCUT2D eigenvalue weighted by molar-refractivity contribution is 7.90. The Morgan fingerprint density at radius 1 is 1.00 bits per heavy atom. The van der Waals surface area contributed by atoms with Crippen LogP contribution in [0.4, 0.5) is 16.2 Å². The topological polar surface area (TPSA) is 104 Å². The Kier molecular flexibility index (Phi) is 3.53. The smallest absolute Gasteiger partial charge is 0.308 e. The van der Waals surface area contributed by atoms with Gasteiger partial charge in [0.05, 0.1) is 5.56 Å². The molecule has 118 valence electrons. The van der Waals surface area contributed by atoms with Gasteiger partial charge in [0, 0.05) is 11.4 Å². The summed E-state index contributed by atoms with van der Waals surface area (Å²) in [6.07, 6.45) is 0. The molecule has 1 aliphatic rings. The summed E-state index contributed by atoms with van der Waals surface area (Å²) in [6, 6.07) is 10.8. The van der Waals surface area contributed by atoms with Crippen LogP contribution in [0.1, 0.15) is 15.9 Å². The monoisotopic (exact) mass is 331 g/mol. The Bertz CT molecular complexity index is 905. The highest BCUT2D eigenvalue weighted by atomic mass is 32.2. The van der Waals surface area contributed by atoms with Crippen LogP contribution in [0.3, 0.4) is 0 Å². The number of anilines is 2. The lowest BCUT2D eigenvalue weighted by Crippen LogP contribution is -2.21. The van der Waals surface area contributed by atoms with Gasteiger partial charge in [0.2, 0.25) is 0 Å². The van der Waals surface area contributed by atoms with Crippen molar-refractivity contribution in [2.24, 2.45) is 0 Å². The second-order valence-electron chi connectivity index (χ2n) is 5.09. The summed E-state index contributed by atoms with van der Waals surface area (Å²) in [5.41, 5.74) is 2.01. The molecule has 0 atom stereocenters. The maximum atomic E-state index is 11.9. The molecule has 2 aromatic carbocycles. The molecule has 7 nitrogen and oxygen atoms in total. The normalized spacial score (nSPS) is 14.7. The number of sulfonamides is 1. The van der Waals surface area contributed by atoms with Gasteiger partial charge in [0.25, 0.3) is 15.9 Å². The second-order valence-corrected chi connectivity index (χ2v) is 6.74. The number of aryl methyl sites for hydroxylation is 1. The maximum absolute atomic E-state index is 11.9. The van der Waals surface area contributed by atoms with Crippen LogP contribution in [0.2, 0.25) is 0 Å². The van der Waals surface area contributed by atoms with Crippen LogP contribution in [-0.4, -0.2) is 20.4 Å². The van der Waals surface area contributed by atoms with Crippen LogP contribution in [0.25, 0.3) is 0 Å². The molecular formula is C15H13N3O4S. The standard InChI is InChI=1S/C15H13N3O4S/c1-9-2-4-10(5-3-9)16-15(20)17-11-6-7-12-13(8-11)23(21,22)18-14(12)19/h2-8H,1H3,(H,18,19)(H2,16,17,20). The van der Waals surface area contributed by atoms with Crippen molar-refractivity contribution in [2.75, 3.05) is 10.6 Å². The van der Waals surface area contributed by atoms with E-state index in [1.165, 1.54) is 18.2 Å². The van der Waals surface area contributed by atoms with Gasteiger partial charge < -0.3 is 10.6 Å². The van der Waals surface area contributed by atoms with E-state index in [1.807, 2.05) is 23.8 Å². The van der Waals surface area contributed by atoms with Crippen molar-refractivity contribution in [3.8, 4) is 0 Å². The molecule has 0 bridgehead atoms. The summed E-state index contributed by atoms with van der Waals surface area (Å²) < 4.78 is 25.4. The zero-order valence-corrected chi connectivity index (χ0v) is 12.9. The molecule has 1 heterocycles. The van der Waals surface area contributed by atoms with E-state index < -0.39 is 22.0 Å². The van der Waals surface area contributed by atoms with Crippen molar-refractivity contribution in [3.05, 3.63) is 53.6 Å². The Morgan fingerprint density at radius 3 is 2.30 bits per heavy atom. The van der Waals surface area contributed by atoms with Gasteiger partial charge in [-0.15, -0.1) is 0 Å². The molecule has 0 unspecified atom stereocenters. The van der Waals surface area contributed by atoms with Gasteiger partial charge in [-0.25, -0.2) is 17.9 Å². The zero-order valence-electron chi connectivity index (χ0n) is 12.1. The highest BCUT2D eigenvalue weighted by Crippen LogP contribution is 2.25. The predicted molar refractivity (Wildman–Crippen MR) is 84.9 cm³/mol. The highest BCUT2D eigenvalue weighted by Gasteiger charge is 2.32. The van der Waals surface area contributed by atoms with Gasteiger partial charge in [0.1, 0.15) is 4.90 Å². The van der Waals surface area contributed by atoms with E-state index in [0.29, 0.717) is 5.69 Å². The number of amides is 3. The number of nitrogens with one attached hydrogen (secondary N) is 3. The van der Waals surface area contributed by atoms with Crippen molar-refractivity contribution >= 4 is 33.3 Å². The fraction of sp³-hybridized carbons (Fsp3) is 0.0667. The average molecular weight is 331 g/mol. The first-order valence-electron chi connectivity index (χ1n) is 6.71. The quantitative estimate of drug-likeness (QED) is 0.783. The minimum atomic E-state index is -3.85. The SMILES string of the molecule is Cc1ccc(NC(=O)Nc2ccc3c(c2)S(=O)(=O)NC3=O)cc1. The largest absolute Gasteiger partial charge is 0.323 e. The fourth-order valence-corrected chi connectivity index (χ4v) is 3.37. The van der Waals surface area contributed by atoms with E-state index in [2.05, 4.69) is 10.6 Å². The summed E-state index contributed by atoms with van der Waals surface area (Å²) in [4.78, 5) is 23.3. The van der Waals surface area contributed by atoms with Gasteiger partial charge in [-0.2, -0.15) is 0 Å². The Labute approximate surface area is 132 Å². The first-order chi connectivity index (χ1) is 10.8. The third-order valence-electron chi connectivity index (χ3n) is 3.31. The first-order valence-corrected chi connectivity index (χ1v) is 8.19. The minimum absolute atomic E-state index is 0.0643. The van der Waals surface area contributed by atoms with Crippen LogP contribution >= 0.6 is 0 Å². The summed E-state index contributed by atoms with van der Waals surface area (Å²) in [6.45, 7) is 1.93. The number of hydrogen-bond acceptors (Lipinski definition) is 4. The van der Waals surface area contributed by atoms with Gasteiger partial charge in [-0.1, -0.05) is 17.7 Å². The zero-order chi connectivity index (χ0) is 16.6.